The molecule has 28 heavy (non-hydrogen) atoms. The number of benzene rings is 1. The lowest BCUT2D eigenvalue weighted by Crippen LogP contribution is -2.33. The molecule has 0 heterocycles. The summed E-state index contributed by atoms with van der Waals surface area (Å²) in [5.41, 5.74) is 2.39. The fourth-order valence-corrected chi connectivity index (χ4v) is 5.02. The van der Waals surface area contributed by atoms with Gasteiger partial charge in [-0.1, -0.05) is 56.2 Å². The van der Waals surface area contributed by atoms with Crippen LogP contribution < -0.4 is 0 Å². The molecule has 0 bridgehead atoms. The number of allylic oxidation sites excluding steroid dienone is 2. The van der Waals surface area contributed by atoms with Crippen LogP contribution in [-0.2, 0) is 11.3 Å². The first kappa shape index (κ1) is 21.5. The van der Waals surface area contributed by atoms with Crippen LogP contribution in [0.15, 0.2) is 36.4 Å². The van der Waals surface area contributed by atoms with Gasteiger partial charge in [0.1, 0.15) is 6.10 Å². The standard InChI is InChI=1S/C25H36F2O/c1-3-4-19-7-15-23(16-8-19)24(25(26)27)28-17-20-9-13-22(14-10-20)21-11-5-18(2)6-12-21/h3-4,9-10,13-14,18-19,21,23-25H,5-8,11-12,15-17H2,1-2H3/b4-3+. The number of rotatable bonds is 7. The van der Waals surface area contributed by atoms with E-state index in [1.807, 2.05) is 6.92 Å². The molecule has 2 saturated carbocycles. The second-order valence-corrected chi connectivity index (χ2v) is 9.01. The number of alkyl halides is 2. The Hall–Kier alpha value is -1.22. The molecule has 0 aromatic heterocycles. The van der Waals surface area contributed by atoms with Gasteiger partial charge in [-0.2, -0.15) is 0 Å². The van der Waals surface area contributed by atoms with E-state index >= 15 is 0 Å². The topological polar surface area (TPSA) is 9.23 Å². The molecule has 156 valence electrons. The van der Waals surface area contributed by atoms with Crippen molar-refractivity contribution >= 4 is 0 Å². The maximum atomic E-state index is 13.6. The average molecular weight is 391 g/mol. The monoisotopic (exact) mass is 390 g/mol. The van der Waals surface area contributed by atoms with Gasteiger partial charge in [-0.05, 0) is 80.2 Å². The molecule has 2 fully saturated rings. The van der Waals surface area contributed by atoms with Gasteiger partial charge in [0.15, 0.2) is 0 Å². The van der Waals surface area contributed by atoms with E-state index in [0.29, 0.717) is 11.8 Å². The molecule has 0 aliphatic heterocycles. The largest absolute Gasteiger partial charge is 0.367 e. The molecule has 0 saturated heterocycles. The number of halogens is 2. The summed E-state index contributed by atoms with van der Waals surface area (Å²) >= 11 is 0. The van der Waals surface area contributed by atoms with Crippen molar-refractivity contribution in [3.05, 3.63) is 47.5 Å². The van der Waals surface area contributed by atoms with Gasteiger partial charge in [0.2, 0.25) is 0 Å². The van der Waals surface area contributed by atoms with Crippen LogP contribution >= 0.6 is 0 Å². The second kappa shape index (κ2) is 10.5. The SMILES string of the molecule is C/C=C/C1CCC(C(OCc2ccc(C3CCC(C)CC3)cc2)C(F)F)CC1. The first-order chi connectivity index (χ1) is 13.6. The fraction of sp³-hybridized carbons (Fsp3) is 0.680. The molecule has 1 aromatic rings. The molecule has 0 spiro atoms. The molecule has 3 rings (SSSR count). The lowest BCUT2D eigenvalue weighted by Gasteiger charge is -2.32. The van der Waals surface area contributed by atoms with E-state index in [1.165, 1.54) is 31.2 Å². The van der Waals surface area contributed by atoms with Crippen LogP contribution in [0.5, 0.6) is 0 Å². The number of hydrogen-bond acceptors (Lipinski definition) is 1. The zero-order valence-corrected chi connectivity index (χ0v) is 17.5. The maximum Gasteiger partial charge on any atom is 0.264 e. The Morgan fingerprint density at radius 3 is 2.18 bits per heavy atom. The normalized spacial score (nSPS) is 30.0. The minimum Gasteiger partial charge on any atom is -0.367 e. The van der Waals surface area contributed by atoms with E-state index in [1.54, 1.807) is 0 Å². The summed E-state index contributed by atoms with van der Waals surface area (Å²) in [6.45, 7) is 4.64. The highest BCUT2D eigenvalue weighted by molar-refractivity contribution is 5.25. The highest BCUT2D eigenvalue weighted by atomic mass is 19.3. The average Bonchev–Trinajstić information content (AvgIpc) is 2.70. The quantitative estimate of drug-likeness (QED) is 0.438. The van der Waals surface area contributed by atoms with Gasteiger partial charge >= 0.3 is 0 Å². The third kappa shape index (κ3) is 5.89. The molecule has 0 amide bonds. The van der Waals surface area contributed by atoms with Crippen molar-refractivity contribution in [2.75, 3.05) is 0 Å². The zero-order valence-electron chi connectivity index (χ0n) is 17.5. The van der Waals surface area contributed by atoms with Gasteiger partial charge < -0.3 is 4.74 Å². The van der Waals surface area contributed by atoms with E-state index in [-0.39, 0.29) is 12.5 Å². The van der Waals surface area contributed by atoms with Crippen LogP contribution in [0.4, 0.5) is 8.78 Å². The van der Waals surface area contributed by atoms with Crippen molar-refractivity contribution < 1.29 is 13.5 Å². The molecule has 2 aliphatic carbocycles. The van der Waals surface area contributed by atoms with Crippen molar-refractivity contribution in [1.82, 2.24) is 0 Å². The van der Waals surface area contributed by atoms with E-state index < -0.39 is 12.5 Å². The third-order valence-corrected chi connectivity index (χ3v) is 6.90. The molecule has 0 radical (unpaired) electrons. The summed E-state index contributed by atoms with van der Waals surface area (Å²) in [6.07, 6.45) is 9.74. The smallest absolute Gasteiger partial charge is 0.264 e. The molecule has 1 aromatic carbocycles. The van der Waals surface area contributed by atoms with Crippen molar-refractivity contribution in [3.8, 4) is 0 Å². The Kier molecular flexibility index (Phi) is 8.08. The lowest BCUT2D eigenvalue weighted by atomic mass is 9.79. The van der Waals surface area contributed by atoms with Gasteiger partial charge in [-0.15, -0.1) is 0 Å². The van der Waals surface area contributed by atoms with Crippen molar-refractivity contribution in [2.24, 2.45) is 17.8 Å². The van der Waals surface area contributed by atoms with Crippen LogP contribution in [0.3, 0.4) is 0 Å². The molecule has 0 N–H and O–H groups in total. The predicted molar refractivity (Wildman–Crippen MR) is 112 cm³/mol. The molecular formula is C25H36F2O. The van der Waals surface area contributed by atoms with Gasteiger partial charge in [0.25, 0.3) is 6.43 Å². The second-order valence-electron chi connectivity index (χ2n) is 9.01. The Morgan fingerprint density at radius 1 is 0.964 bits per heavy atom. The Balaban J connectivity index is 1.51. The van der Waals surface area contributed by atoms with Crippen molar-refractivity contribution in [1.29, 1.82) is 0 Å². The van der Waals surface area contributed by atoms with Crippen LogP contribution in [0, 0.1) is 17.8 Å². The Labute approximate surface area is 169 Å². The third-order valence-electron chi connectivity index (χ3n) is 6.90. The first-order valence-electron chi connectivity index (χ1n) is 11.2. The summed E-state index contributed by atoms with van der Waals surface area (Å²) < 4.78 is 33.0. The maximum absolute atomic E-state index is 13.6. The predicted octanol–water partition coefficient (Wildman–Crippen LogP) is 7.51. The summed E-state index contributed by atoms with van der Waals surface area (Å²) in [6, 6.07) is 8.50. The molecule has 1 unspecified atom stereocenters. The van der Waals surface area contributed by atoms with Crippen molar-refractivity contribution in [2.45, 2.75) is 90.3 Å². The molecule has 2 aliphatic rings. The van der Waals surface area contributed by atoms with E-state index in [0.717, 1.165) is 37.2 Å². The van der Waals surface area contributed by atoms with Crippen molar-refractivity contribution in [3.63, 3.8) is 0 Å². The minimum absolute atomic E-state index is 0.0231. The van der Waals surface area contributed by atoms with E-state index in [4.69, 9.17) is 4.74 Å². The van der Waals surface area contributed by atoms with E-state index in [2.05, 4.69) is 43.3 Å². The van der Waals surface area contributed by atoms with Crippen LogP contribution in [0.25, 0.3) is 0 Å². The van der Waals surface area contributed by atoms with Gasteiger partial charge in [0, 0.05) is 0 Å². The number of ether oxygens (including phenoxy) is 1. The summed E-state index contributed by atoms with van der Waals surface area (Å²) in [4.78, 5) is 0. The zero-order chi connectivity index (χ0) is 19.9. The summed E-state index contributed by atoms with van der Waals surface area (Å²) in [5.74, 6) is 2.04. The van der Waals surface area contributed by atoms with Gasteiger partial charge in [-0.3, -0.25) is 0 Å². The molecule has 1 nitrogen and oxygen atoms in total. The summed E-state index contributed by atoms with van der Waals surface area (Å²) in [5, 5.41) is 0. The van der Waals surface area contributed by atoms with Crippen LogP contribution in [0.1, 0.15) is 82.3 Å². The van der Waals surface area contributed by atoms with Crippen LogP contribution in [0.2, 0.25) is 0 Å². The van der Waals surface area contributed by atoms with E-state index in [9.17, 15) is 8.78 Å². The van der Waals surface area contributed by atoms with Gasteiger partial charge in [-0.25, -0.2) is 8.78 Å². The van der Waals surface area contributed by atoms with Crippen LogP contribution in [-0.4, -0.2) is 12.5 Å². The Morgan fingerprint density at radius 2 is 1.61 bits per heavy atom. The van der Waals surface area contributed by atoms with Gasteiger partial charge in [0.05, 0.1) is 6.61 Å². The first-order valence-corrected chi connectivity index (χ1v) is 11.2. The fourth-order valence-electron chi connectivity index (χ4n) is 5.02. The highest BCUT2D eigenvalue weighted by Gasteiger charge is 2.33. The Bertz CT molecular complexity index is 593. The molecule has 1 atom stereocenters. The highest BCUT2D eigenvalue weighted by Crippen LogP contribution is 2.36. The molecular weight excluding hydrogens is 354 g/mol. The minimum atomic E-state index is -2.41. The lowest BCUT2D eigenvalue weighted by molar-refractivity contribution is -0.101. The number of hydrogen-bond donors (Lipinski definition) is 0. The molecule has 3 heteroatoms. The summed E-state index contributed by atoms with van der Waals surface area (Å²) in [7, 11) is 0.